The number of halogens is 2. The zero-order valence-corrected chi connectivity index (χ0v) is 11.9. The second kappa shape index (κ2) is 5.27. The first kappa shape index (κ1) is 13.2. The fraction of sp³-hybridized carbons (Fsp3) is 0.0667. The van der Waals surface area contributed by atoms with Crippen molar-refractivity contribution in [3.63, 3.8) is 0 Å². The third-order valence-electron chi connectivity index (χ3n) is 3.16. The summed E-state index contributed by atoms with van der Waals surface area (Å²) >= 11 is 11.6. The summed E-state index contributed by atoms with van der Waals surface area (Å²) in [4.78, 5) is 15.9. The minimum Gasteiger partial charge on any atom is -0.293 e. The highest BCUT2D eigenvalue weighted by molar-refractivity contribution is 6.40. The van der Waals surface area contributed by atoms with Crippen LogP contribution in [0.3, 0.4) is 0 Å². The molecule has 0 aliphatic rings. The molecule has 0 aliphatic carbocycles. The summed E-state index contributed by atoms with van der Waals surface area (Å²) in [5, 5.41) is 2.22. The molecule has 0 fully saturated rings. The second-order valence-corrected chi connectivity index (χ2v) is 5.16. The van der Waals surface area contributed by atoms with Crippen molar-refractivity contribution >= 4 is 34.0 Å². The van der Waals surface area contributed by atoms with E-state index in [1.807, 2.05) is 42.5 Å². The highest BCUT2D eigenvalue weighted by Gasteiger charge is 2.09. The van der Waals surface area contributed by atoms with Gasteiger partial charge in [0.05, 0.1) is 12.9 Å². The van der Waals surface area contributed by atoms with Crippen LogP contribution in [0.25, 0.3) is 10.8 Å². The van der Waals surface area contributed by atoms with Crippen molar-refractivity contribution in [2.75, 3.05) is 0 Å². The molecule has 0 radical (unpaired) electrons. The molecule has 0 saturated heterocycles. The van der Waals surface area contributed by atoms with Gasteiger partial charge in [-0.15, -0.1) is 0 Å². The largest absolute Gasteiger partial charge is 0.293 e. The average Bonchev–Trinajstić information content (AvgIpc) is 2.48. The van der Waals surface area contributed by atoms with E-state index in [0.29, 0.717) is 6.54 Å². The molecule has 0 spiro atoms. The molecule has 0 aliphatic heterocycles. The number of aromatic nitrogens is 2. The molecule has 0 bridgehead atoms. The summed E-state index contributed by atoms with van der Waals surface area (Å²) in [5.74, 6) is 0. The Morgan fingerprint density at radius 1 is 1.05 bits per heavy atom. The van der Waals surface area contributed by atoms with Crippen LogP contribution < -0.4 is 5.56 Å². The normalized spacial score (nSPS) is 10.9. The lowest BCUT2D eigenvalue weighted by Gasteiger charge is -2.09. The summed E-state index contributed by atoms with van der Waals surface area (Å²) < 4.78 is 1.45. The molecule has 3 aromatic rings. The zero-order valence-electron chi connectivity index (χ0n) is 10.4. The fourth-order valence-corrected chi connectivity index (χ4v) is 2.45. The first-order chi connectivity index (χ1) is 9.66. The van der Waals surface area contributed by atoms with Gasteiger partial charge in [-0.2, -0.15) is 0 Å². The summed E-state index contributed by atoms with van der Waals surface area (Å²) in [6.07, 6.45) is 1.42. The van der Waals surface area contributed by atoms with Crippen molar-refractivity contribution in [2.24, 2.45) is 0 Å². The first-order valence-electron chi connectivity index (χ1n) is 6.04. The molecular formula is C15H10Cl2N2O. The predicted octanol–water partition coefficient (Wildman–Crippen LogP) is 3.75. The smallest absolute Gasteiger partial charge is 0.273 e. The van der Waals surface area contributed by atoms with Crippen molar-refractivity contribution in [1.29, 1.82) is 0 Å². The summed E-state index contributed by atoms with van der Waals surface area (Å²) in [6, 6.07) is 14.0. The van der Waals surface area contributed by atoms with Crippen LogP contribution in [-0.2, 0) is 6.54 Å². The standard InChI is InChI=1S/C15H10Cl2N2O/c16-13-14(17)18-9-19(15(13)20)8-11-6-3-5-10-4-1-2-7-12(10)11/h1-7,9H,8H2. The van der Waals surface area contributed by atoms with Crippen LogP contribution in [0.5, 0.6) is 0 Å². The van der Waals surface area contributed by atoms with Crippen LogP contribution in [-0.4, -0.2) is 9.55 Å². The van der Waals surface area contributed by atoms with Gasteiger partial charge in [-0.3, -0.25) is 9.36 Å². The molecule has 3 nitrogen and oxygen atoms in total. The number of rotatable bonds is 2. The van der Waals surface area contributed by atoms with Gasteiger partial charge < -0.3 is 0 Å². The average molecular weight is 305 g/mol. The Morgan fingerprint density at radius 2 is 1.80 bits per heavy atom. The maximum Gasteiger partial charge on any atom is 0.273 e. The molecule has 0 saturated carbocycles. The van der Waals surface area contributed by atoms with E-state index in [4.69, 9.17) is 23.2 Å². The van der Waals surface area contributed by atoms with Crippen molar-refractivity contribution in [3.05, 3.63) is 74.9 Å². The monoisotopic (exact) mass is 304 g/mol. The molecular weight excluding hydrogens is 295 g/mol. The van der Waals surface area contributed by atoms with E-state index in [-0.39, 0.29) is 15.7 Å². The Labute approximate surface area is 125 Å². The molecule has 0 amide bonds. The van der Waals surface area contributed by atoms with Crippen molar-refractivity contribution < 1.29 is 0 Å². The minimum absolute atomic E-state index is 0.0332. The van der Waals surface area contributed by atoms with Crippen LogP contribution in [0, 0.1) is 0 Å². The van der Waals surface area contributed by atoms with E-state index in [1.165, 1.54) is 10.9 Å². The molecule has 0 N–H and O–H groups in total. The highest BCUT2D eigenvalue weighted by Crippen LogP contribution is 2.19. The lowest BCUT2D eigenvalue weighted by atomic mass is 10.0. The van der Waals surface area contributed by atoms with Gasteiger partial charge in [0, 0.05) is 0 Å². The fourth-order valence-electron chi connectivity index (χ4n) is 2.17. The third kappa shape index (κ3) is 2.30. The number of nitrogens with zero attached hydrogens (tertiary/aromatic N) is 2. The van der Waals surface area contributed by atoms with Gasteiger partial charge in [-0.25, -0.2) is 4.98 Å². The topological polar surface area (TPSA) is 34.9 Å². The molecule has 100 valence electrons. The molecule has 0 unspecified atom stereocenters. The number of hydrogen-bond acceptors (Lipinski definition) is 2. The lowest BCUT2D eigenvalue weighted by molar-refractivity contribution is 0.740. The Kier molecular flexibility index (Phi) is 3.47. The van der Waals surface area contributed by atoms with Crippen LogP contribution in [0.2, 0.25) is 10.2 Å². The maximum atomic E-state index is 12.0. The molecule has 5 heteroatoms. The number of hydrogen-bond donors (Lipinski definition) is 0. The van der Waals surface area contributed by atoms with Gasteiger partial charge in [-0.1, -0.05) is 65.7 Å². The van der Waals surface area contributed by atoms with E-state index in [1.54, 1.807) is 0 Å². The van der Waals surface area contributed by atoms with E-state index >= 15 is 0 Å². The first-order valence-corrected chi connectivity index (χ1v) is 6.79. The molecule has 1 aromatic heterocycles. The lowest BCUT2D eigenvalue weighted by Crippen LogP contribution is -2.21. The van der Waals surface area contributed by atoms with Crippen LogP contribution >= 0.6 is 23.2 Å². The predicted molar refractivity (Wildman–Crippen MR) is 81.6 cm³/mol. The van der Waals surface area contributed by atoms with E-state index in [2.05, 4.69) is 4.98 Å². The summed E-state index contributed by atoms with van der Waals surface area (Å²) in [6.45, 7) is 0.407. The van der Waals surface area contributed by atoms with Gasteiger partial charge in [0.2, 0.25) is 0 Å². The highest BCUT2D eigenvalue weighted by atomic mass is 35.5. The van der Waals surface area contributed by atoms with E-state index in [0.717, 1.165) is 16.3 Å². The summed E-state index contributed by atoms with van der Waals surface area (Å²) in [7, 11) is 0. The quantitative estimate of drug-likeness (QED) is 0.676. The van der Waals surface area contributed by atoms with Gasteiger partial charge in [0.15, 0.2) is 5.15 Å². The Hall–Kier alpha value is -1.84. The molecule has 20 heavy (non-hydrogen) atoms. The minimum atomic E-state index is -0.334. The number of fused-ring (bicyclic) bond motifs is 1. The molecule has 3 rings (SSSR count). The van der Waals surface area contributed by atoms with Gasteiger partial charge >= 0.3 is 0 Å². The van der Waals surface area contributed by atoms with Crippen LogP contribution in [0.4, 0.5) is 0 Å². The zero-order chi connectivity index (χ0) is 14.1. The van der Waals surface area contributed by atoms with Gasteiger partial charge in [0.1, 0.15) is 5.02 Å². The van der Waals surface area contributed by atoms with Crippen molar-refractivity contribution in [3.8, 4) is 0 Å². The Balaban J connectivity index is 2.11. The molecule has 2 aromatic carbocycles. The Bertz CT molecular complexity index is 837. The van der Waals surface area contributed by atoms with Crippen LogP contribution in [0.15, 0.2) is 53.6 Å². The van der Waals surface area contributed by atoms with Gasteiger partial charge in [-0.05, 0) is 16.3 Å². The molecule has 1 heterocycles. The van der Waals surface area contributed by atoms with Gasteiger partial charge in [0.25, 0.3) is 5.56 Å². The van der Waals surface area contributed by atoms with Crippen LogP contribution in [0.1, 0.15) is 5.56 Å². The third-order valence-corrected chi connectivity index (χ3v) is 3.88. The molecule has 0 atom stereocenters. The second-order valence-electron chi connectivity index (χ2n) is 4.42. The van der Waals surface area contributed by atoms with Crippen molar-refractivity contribution in [2.45, 2.75) is 6.54 Å². The van der Waals surface area contributed by atoms with E-state index in [9.17, 15) is 4.79 Å². The van der Waals surface area contributed by atoms with E-state index < -0.39 is 0 Å². The SMILES string of the molecule is O=c1c(Cl)c(Cl)ncn1Cc1cccc2ccccc12. The van der Waals surface area contributed by atoms with Crippen molar-refractivity contribution in [1.82, 2.24) is 9.55 Å². The number of benzene rings is 2. The summed E-state index contributed by atoms with van der Waals surface area (Å²) in [5.41, 5.74) is 0.699. The Morgan fingerprint density at radius 3 is 2.65 bits per heavy atom. The maximum absolute atomic E-state index is 12.0.